The van der Waals surface area contributed by atoms with E-state index in [1.54, 1.807) is 20.8 Å². The van der Waals surface area contributed by atoms with Crippen molar-refractivity contribution in [3.63, 3.8) is 0 Å². The van der Waals surface area contributed by atoms with Gasteiger partial charge in [0.15, 0.2) is 0 Å². The van der Waals surface area contributed by atoms with Crippen LogP contribution in [0.15, 0.2) is 18.2 Å². The van der Waals surface area contributed by atoms with Crippen LogP contribution in [0.1, 0.15) is 31.1 Å². The van der Waals surface area contributed by atoms with Crippen LogP contribution in [0.5, 0.6) is 0 Å². The van der Waals surface area contributed by atoms with E-state index in [-0.39, 0.29) is 5.01 Å². The minimum Gasteiger partial charge on any atom is -0.442 e. The molecule has 0 aliphatic rings. The number of rotatable bonds is 2. The molecule has 114 valence electrons. The van der Waals surface area contributed by atoms with Gasteiger partial charge in [0.2, 0.25) is 0 Å². The zero-order valence-electron chi connectivity index (χ0n) is 11.6. The van der Waals surface area contributed by atoms with Crippen molar-refractivity contribution in [3.05, 3.63) is 39.7 Å². The fourth-order valence-electron chi connectivity index (χ4n) is 1.31. The number of non-ortho nitro benzene ring substituents is 1. The second-order valence-corrected chi connectivity index (χ2v) is 5.08. The van der Waals surface area contributed by atoms with Crippen LogP contribution in [0.2, 0.25) is 0 Å². The van der Waals surface area contributed by atoms with Crippen molar-refractivity contribution < 1.29 is 23.6 Å². The Morgan fingerprint density at radius 3 is 2.38 bits per heavy atom. The van der Waals surface area contributed by atoms with Gasteiger partial charge in [-0.05, 0) is 26.8 Å². The van der Waals surface area contributed by atoms with E-state index >= 15 is 0 Å². The number of carbonyl (C=O) groups is 2. The fraction of sp³-hybridized carbons (Fsp3) is 0.333. The first kappa shape index (κ1) is 16.5. The van der Waals surface area contributed by atoms with Crippen LogP contribution in [0.4, 0.5) is 14.9 Å². The first-order chi connectivity index (χ1) is 9.53. The number of benzene rings is 1. The highest BCUT2D eigenvalue weighted by Crippen LogP contribution is 2.18. The maximum atomic E-state index is 13.7. The molecule has 0 atom stereocenters. The summed E-state index contributed by atoms with van der Waals surface area (Å²) in [6.45, 7) is 4.70. The van der Waals surface area contributed by atoms with E-state index in [0.717, 1.165) is 12.1 Å². The summed E-state index contributed by atoms with van der Waals surface area (Å²) in [5, 5.41) is 10.6. The van der Waals surface area contributed by atoms with Gasteiger partial charge in [0.25, 0.3) is 11.6 Å². The number of ether oxygens (including phenoxy) is 1. The summed E-state index contributed by atoms with van der Waals surface area (Å²) in [5.41, 5.74) is -1.98. The number of hydrogen-bond acceptors (Lipinski definition) is 6. The molecule has 2 N–H and O–H groups in total. The summed E-state index contributed by atoms with van der Waals surface area (Å²) in [6, 6.07) is 2.37. The molecule has 0 aliphatic carbocycles. The topological polar surface area (TPSA) is 116 Å². The standard InChI is InChI=1S/C12H14FN3O5/c1-12(2,3)21-11(18)15(14)10(17)8-5-4-7(16(19)20)6-9(8)13/h4-6H,14H2,1-3H3. The smallest absolute Gasteiger partial charge is 0.432 e. The van der Waals surface area contributed by atoms with Crippen molar-refractivity contribution in [2.24, 2.45) is 5.84 Å². The van der Waals surface area contributed by atoms with Crippen molar-refractivity contribution >= 4 is 17.7 Å². The van der Waals surface area contributed by atoms with E-state index in [9.17, 15) is 24.1 Å². The average molecular weight is 299 g/mol. The molecule has 1 rings (SSSR count). The van der Waals surface area contributed by atoms with Gasteiger partial charge in [-0.3, -0.25) is 14.9 Å². The van der Waals surface area contributed by atoms with Gasteiger partial charge in [-0.25, -0.2) is 15.0 Å². The Bertz CT molecular complexity index is 597. The quantitative estimate of drug-likeness (QED) is 0.386. The van der Waals surface area contributed by atoms with Crippen LogP contribution >= 0.6 is 0 Å². The van der Waals surface area contributed by atoms with Gasteiger partial charge in [0.1, 0.15) is 11.4 Å². The third kappa shape index (κ3) is 4.21. The molecule has 0 radical (unpaired) electrons. The van der Waals surface area contributed by atoms with E-state index in [0.29, 0.717) is 6.07 Å². The molecule has 0 fully saturated rings. The maximum Gasteiger partial charge on any atom is 0.432 e. The summed E-state index contributed by atoms with van der Waals surface area (Å²) >= 11 is 0. The van der Waals surface area contributed by atoms with Crippen LogP contribution in [0.3, 0.4) is 0 Å². The molecule has 0 spiro atoms. The van der Waals surface area contributed by atoms with Gasteiger partial charge in [-0.15, -0.1) is 0 Å². The molecular formula is C12H14FN3O5. The van der Waals surface area contributed by atoms with E-state index in [1.165, 1.54) is 0 Å². The predicted molar refractivity (Wildman–Crippen MR) is 69.6 cm³/mol. The first-order valence-corrected chi connectivity index (χ1v) is 5.79. The molecule has 1 aromatic carbocycles. The Kier molecular flexibility index (Phi) is 4.58. The van der Waals surface area contributed by atoms with Crippen molar-refractivity contribution in [3.8, 4) is 0 Å². The largest absolute Gasteiger partial charge is 0.442 e. The highest BCUT2D eigenvalue weighted by Gasteiger charge is 2.28. The summed E-state index contributed by atoms with van der Waals surface area (Å²) in [6.07, 6.45) is -1.16. The second-order valence-electron chi connectivity index (χ2n) is 5.08. The lowest BCUT2D eigenvalue weighted by molar-refractivity contribution is -0.385. The summed E-state index contributed by atoms with van der Waals surface area (Å²) in [5.74, 6) is 2.95. The van der Waals surface area contributed by atoms with Crippen LogP contribution in [0, 0.1) is 15.9 Å². The van der Waals surface area contributed by atoms with E-state index < -0.39 is 39.6 Å². The number of nitro benzene ring substituents is 1. The first-order valence-electron chi connectivity index (χ1n) is 5.79. The lowest BCUT2D eigenvalue weighted by atomic mass is 10.1. The Balaban J connectivity index is 2.98. The van der Waals surface area contributed by atoms with Gasteiger partial charge < -0.3 is 4.74 Å². The number of hydrogen-bond donors (Lipinski definition) is 1. The zero-order chi connectivity index (χ0) is 16.4. The number of amides is 2. The second kappa shape index (κ2) is 5.83. The van der Waals surface area contributed by atoms with Crippen LogP contribution in [-0.4, -0.2) is 27.5 Å². The monoisotopic (exact) mass is 299 g/mol. The van der Waals surface area contributed by atoms with Gasteiger partial charge in [0, 0.05) is 6.07 Å². The molecule has 8 nitrogen and oxygen atoms in total. The molecule has 21 heavy (non-hydrogen) atoms. The predicted octanol–water partition coefficient (Wildman–Crippen LogP) is 1.98. The minimum atomic E-state index is -1.17. The normalized spacial score (nSPS) is 10.9. The highest BCUT2D eigenvalue weighted by molar-refractivity contribution is 6.02. The van der Waals surface area contributed by atoms with Crippen molar-refractivity contribution in [2.45, 2.75) is 26.4 Å². The van der Waals surface area contributed by atoms with E-state index in [1.807, 2.05) is 0 Å². The van der Waals surface area contributed by atoms with Crippen molar-refractivity contribution in [2.75, 3.05) is 0 Å². The third-order valence-electron chi connectivity index (χ3n) is 2.20. The third-order valence-corrected chi connectivity index (χ3v) is 2.20. The van der Waals surface area contributed by atoms with E-state index in [4.69, 9.17) is 10.6 Å². The molecule has 0 bridgehead atoms. The number of nitro groups is 1. The zero-order valence-corrected chi connectivity index (χ0v) is 11.6. The number of hydrazine groups is 1. The lowest BCUT2D eigenvalue weighted by Crippen LogP contribution is -2.45. The molecule has 1 aromatic rings. The minimum absolute atomic E-state index is 0.107. The number of nitrogens with two attached hydrogens (primary N) is 1. The Morgan fingerprint density at radius 2 is 1.95 bits per heavy atom. The maximum absolute atomic E-state index is 13.7. The average Bonchev–Trinajstić information content (AvgIpc) is 2.34. The lowest BCUT2D eigenvalue weighted by Gasteiger charge is -2.23. The van der Waals surface area contributed by atoms with Crippen molar-refractivity contribution in [1.82, 2.24) is 5.01 Å². The molecule has 2 amide bonds. The van der Waals surface area contributed by atoms with Gasteiger partial charge in [0.05, 0.1) is 16.6 Å². The Hall–Kier alpha value is -2.55. The number of halogens is 1. The SMILES string of the molecule is CC(C)(C)OC(=O)N(N)C(=O)c1ccc([N+](=O)[O-])cc1F. The summed E-state index contributed by atoms with van der Waals surface area (Å²) < 4.78 is 18.5. The molecule has 0 heterocycles. The summed E-state index contributed by atoms with van der Waals surface area (Å²) in [4.78, 5) is 33.1. The van der Waals surface area contributed by atoms with Gasteiger partial charge in [-0.1, -0.05) is 0 Å². The Labute approximate surface area is 119 Å². The van der Waals surface area contributed by atoms with E-state index in [2.05, 4.69) is 0 Å². The molecular weight excluding hydrogens is 285 g/mol. The molecule has 0 aliphatic heterocycles. The fourth-order valence-corrected chi connectivity index (χ4v) is 1.31. The van der Waals surface area contributed by atoms with Crippen LogP contribution in [-0.2, 0) is 4.74 Å². The molecule has 9 heteroatoms. The highest BCUT2D eigenvalue weighted by atomic mass is 19.1. The van der Waals surface area contributed by atoms with Crippen LogP contribution in [0.25, 0.3) is 0 Å². The van der Waals surface area contributed by atoms with Gasteiger partial charge in [-0.2, -0.15) is 5.01 Å². The number of nitrogens with zero attached hydrogens (tertiary/aromatic N) is 2. The molecule has 0 aromatic heterocycles. The number of imide groups is 1. The summed E-state index contributed by atoms with van der Waals surface area (Å²) in [7, 11) is 0. The molecule has 0 unspecified atom stereocenters. The van der Waals surface area contributed by atoms with Crippen molar-refractivity contribution in [1.29, 1.82) is 0 Å². The number of carbonyl (C=O) groups excluding carboxylic acids is 2. The van der Waals surface area contributed by atoms with Crippen LogP contribution < -0.4 is 5.84 Å². The molecule has 0 saturated carbocycles. The molecule has 0 saturated heterocycles. The van der Waals surface area contributed by atoms with Gasteiger partial charge >= 0.3 is 6.09 Å². The Morgan fingerprint density at radius 1 is 1.38 bits per heavy atom.